The molecule has 0 radical (unpaired) electrons. The number of hydrogen-bond acceptors (Lipinski definition) is 7. The Morgan fingerprint density at radius 3 is 2.50 bits per heavy atom. The largest absolute Gasteiger partial charge is 0.497 e. The number of methoxy groups -OCH3 is 1. The number of hydrogen-bond donors (Lipinski definition) is 2. The third-order valence-electron chi connectivity index (χ3n) is 3.30. The fourth-order valence-corrected chi connectivity index (χ4v) is 1.94. The lowest BCUT2D eigenvalue weighted by Gasteiger charge is -2.12. The van der Waals surface area contributed by atoms with Crippen LogP contribution in [0.5, 0.6) is 5.75 Å². The second kappa shape index (κ2) is 8.65. The first-order valence-corrected chi connectivity index (χ1v) is 7.75. The van der Waals surface area contributed by atoms with Crippen LogP contribution in [0.25, 0.3) is 0 Å². The Morgan fingerprint density at radius 2 is 1.92 bits per heavy atom. The summed E-state index contributed by atoms with van der Waals surface area (Å²) in [6.45, 7) is 2.72. The highest BCUT2D eigenvalue weighted by Crippen LogP contribution is 2.11. The SMILES string of the molecule is COc1ccc(C(=O)NCC(=O)OC(C)C(=O)Nc2cc(C)on2)cc1. The number of anilines is 1. The van der Waals surface area contributed by atoms with Crippen molar-refractivity contribution in [3.63, 3.8) is 0 Å². The van der Waals surface area contributed by atoms with Crippen LogP contribution in [0.4, 0.5) is 5.82 Å². The van der Waals surface area contributed by atoms with Crippen molar-refractivity contribution in [3.05, 3.63) is 41.7 Å². The molecule has 9 heteroatoms. The topological polar surface area (TPSA) is 120 Å². The number of nitrogens with one attached hydrogen (secondary N) is 2. The van der Waals surface area contributed by atoms with E-state index in [1.807, 2.05) is 0 Å². The molecule has 1 atom stereocenters. The molecule has 0 aliphatic heterocycles. The van der Waals surface area contributed by atoms with E-state index in [9.17, 15) is 14.4 Å². The average Bonchev–Trinajstić information content (AvgIpc) is 3.04. The van der Waals surface area contributed by atoms with Crippen molar-refractivity contribution in [3.8, 4) is 5.75 Å². The van der Waals surface area contributed by atoms with Crippen LogP contribution >= 0.6 is 0 Å². The Labute approximate surface area is 149 Å². The Hall–Kier alpha value is -3.36. The van der Waals surface area contributed by atoms with Crippen molar-refractivity contribution in [1.82, 2.24) is 10.5 Å². The molecule has 0 spiro atoms. The zero-order valence-electron chi connectivity index (χ0n) is 14.6. The number of aryl methyl sites for hydroxylation is 1. The fraction of sp³-hybridized carbons (Fsp3) is 0.294. The molecule has 0 saturated heterocycles. The van der Waals surface area contributed by atoms with Crippen molar-refractivity contribution in [1.29, 1.82) is 0 Å². The molecule has 0 saturated carbocycles. The summed E-state index contributed by atoms with van der Waals surface area (Å²) in [5.74, 6) is -0.378. The van der Waals surface area contributed by atoms with Gasteiger partial charge in [0.05, 0.1) is 7.11 Å². The summed E-state index contributed by atoms with van der Waals surface area (Å²) in [5, 5.41) is 8.48. The number of carbonyl (C=O) groups excluding carboxylic acids is 3. The summed E-state index contributed by atoms with van der Waals surface area (Å²) in [7, 11) is 1.52. The van der Waals surface area contributed by atoms with Gasteiger partial charge in [0.25, 0.3) is 11.8 Å². The number of nitrogens with zero attached hydrogens (tertiary/aromatic N) is 1. The van der Waals surface area contributed by atoms with E-state index in [0.29, 0.717) is 17.1 Å². The van der Waals surface area contributed by atoms with Gasteiger partial charge in [0, 0.05) is 11.6 Å². The first kappa shape index (κ1) is 19.0. The summed E-state index contributed by atoms with van der Waals surface area (Å²) in [6, 6.07) is 7.92. The fourth-order valence-electron chi connectivity index (χ4n) is 1.94. The molecule has 138 valence electrons. The highest BCUT2D eigenvalue weighted by molar-refractivity contribution is 5.97. The number of amides is 2. The third-order valence-corrected chi connectivity index (χ3v) is 3.30. The smallest absolute Gasteiger partial charge is 0.326 e. The molecule has 2 aromatic rings. The van der Waals surface area contributed by atoms with Crippen LogP contribution in [0.2, 0.25) is 0 Å². The Kier molecular flexibility index (Phi) is 6.31. The van der Waals surface area contributed by atoms with Crippen LogP contribution in [-0.4, -0.2) is 42.7 Å². The molecular formula is C17H19N3O6. The first-order chi connectivity index (χ1) is 12.4. The van der Waals surface area contributed by atoms with Crippen LogP contribution in [0.3, 0.4) is 0 Å². The molecule has 0 bridgehead atoms. The molecule has 2 amide bonds. The van der Waals surface area contributed by atoms with Gasteiger partial charge < -0.3 is 24.6 Å². The molecular weight excluding hydrogens is 342 g/mol. The minimum Gasteiger partial charge on any atom is -0.497 e. The number of esters is 1. The van der Waals surface area contributed by atoms with E-state index in [-0.39, 0.29) is 12.4 Å². The van der Waals surface area contributed by atoms with Crippen LogP contribution < -0.4 is 15.4 Å². The highest BCUT2D eigenvalue weighted by atomic mass is 16.5. The number of ether oxygens (including phenoxy) is 2. The summed E-state index contributed by atoms with van der Waals surface area (Å²) < 4.78 is 14.8. The lowest BCUT2D eigenvalue weighted by Crippen LogP contribution is -2.35. The van der Waals surface area contributed by atoms with Crippen molar-refractivity contribution in [2.24, 2.45) is 0 Å². The van der Waals surface area contributed by atoms with Gasteiger partial charge >= 0.3 is 5.97 Å². The molecule has 1 aromatic heterocycles. The van der Waals surface area contributed by atoms with Gasteiger partial charge in [0.2, 0.25) is 0 Å². The zero-order chi connectivity index (χ0) is 19.1. The van der Waals surface area contributed by atoms with Crippen LogP contribution in [-0.2, 0) is 14.3 Å². The van der Waals surface area contributed by atoms with E-state index in [2.05, 4.69) is 15.8 Å². The second-order valence-electron chi connectivity index (χ2n) is 5.36. The molecule has 0 aliphatic rings. The maximum atomic E-state index is 12.0. The minimum absolute atomic E-state index is 0.225. The van der Waals surface area contributed by atoms with Gasteiger partial charge in [0.1, 0.15) is 18.1 Å². The number of rotatable bonds is 7. The van der Waals surface area contributed by atoms with Crippen molar-refractivity contribution in [2.75, 3.05) is 19.0 Å². The summed E-state index contributed by atoms with van der Waals surface area (Å²) in [4.78, 5) is 35.6. The quantitative estimate of drug-likeness (QED) is 0.713. The predicted octanol–water partition coefficient (Wildman–Crippen LogP) is 1.29. The van der Waals surface area contributed by atoms with Gasteiger partial charge in [-0.05, 0) is 38.1 Å². The third kappa shape index (κ3) is 5.33. The maximum Gasteiger partial charge on any atom is 0.326 e. The van der Waals surface area contributed by atoms with E-state index in [1.165, 1.54) is 20.1 Å². The molecule has 26 heavy (non-hydrogen) atoms. The summed E-state index contributed by atoms with van der Waals surface area (Å²) in [5.41, 5.74) is 0.366. The van der Waals surface area contributed by atoms with Crippen LogP contribution in [0.15, 0.2) is 34.9 Å². The molecule has 1 aromatic carbocycles. The van der Waals surface area contributed by atoms with Gasteiger partial charge in [-0.2, -0.15) is 0 Å². The van der Waals surface area contributed by atoms with Crippen LogP contribution in [0.1, 0.15) is 23.0 Å². The highest BCUT2D eigenvalue weighted by Gasteiger charge is 2.19. The van der Waals surface area contributed by atoms with Gasteiger partial charge in [-0.25, -0.2) is 0 Å². The van der Waals surface area contributed by atoms with E-state index in [1.54, 1.807) is 31.2 Å². The molecule has 9 nitrogen and oxygen atoms in total. The number of benzene rings is 1. The minimum atomic E-state index is -1.06. The average molecular weight is 361 g/mol. The van der Waals surface area contributed by atoms with Crippen molar-refractivity contribution >= 4 is 23.6 Å². The van der Waals surface area contributed by atoms with Crippen molar-refractivity contribution < 1.29 is 28.4 Å². The predicted molar refractivity (Wildman–Crippen MR) is 90.8 cm³/mol. The molecule has 0 aliphatic carbocycles. The summed E-state index contributed by atoms with van der Waals surface area (Å²) in [6.07, 6.45) is -1.06. The first-order valence-electron chi connectivity index (χ1n) is 7.75. The normalized spacial score (nSPS) is 11.3. The van der Waals surface area contributed by atoms with E-state index in [4.69, 9.17) is 14.0 Å². The molecule has 2 N–H and O–H groups in total. The Morgan fingerprint density at radius 1 is 1.23 bits per heavy atom. The molecule has 0 fully saturated rings. The molecule has 2 rings (SSSR count). The monoisotopic (exact) mass is 361 g/mol. The Balaban J connectivity index is 1.77. The summed E-state index contributed by atoms with van der Waals surface area (Å²) >= 11 is 0. The van der Waals surface area contributed by atoms with E-state index >= 15 is 0 Å². The maximum absolute atomic E-state index is 12.0. The lowest BCUT2D eigenvalue weighted by atomic mass is 10.2. The van der Waals surface area contributed by atoms with Gasteiger partial charge in [-0.3, -0.25) is 14.4 Å². The van der Waals surface area contributed by atoms with Crippen molar-refractivity contribution in [2.45, 2.75) is 20.0 Å². The lowest BCUT2D eigenvalue weighted by molar-refractivity contribution is -0.152. The molecule has 1 heterocycles. The van der Waals surface area contributed by atoms with E-state index in [0.717, 1.165) is 0 Å². The number of carbonyl (C=O) groups is 3. The molecule has 1 unspecified atom stereocenters. The zero-order valence-corrected chi connectivity index (χ0v) is 14.6. The van der Waals surface area contributed by atoms with Gasteiger partial charge in [0.15, 0.2) is 11.9 Å². The second-order valence-corrected chi connectivity index (χ2v) is 5.36. The van der Waals surface area contributed by atoms with Crippen LogP contribution in [0, 0.1) is 6.92 Å². The van der Waals surface area contributed by atoms with Gasteiger partial charge in [-0.1, -0.05) is 5.16 Å². The standard InChI is InChI=1S/C17H19N3O6/c1-10-8-14(20-26-10)19-16(22)11(2)25-15(21)9-18-17(23)12-4-6-13(24-3)7-5-12/h4-8,11H,9H2,1-3H3,(H,18,23)(H,19,20,22). The van der Waals surface area contributed by atoms with E-state index < -0.39 is 23.9 Å². The Bertz CT molecular complexity index is 784. The number of aromatic nitrogens is 1. The van der Waals surface area contributed by atoms with Gasteiger partial charge in [-0.15, -0.1) is 0 Å².